The van der Waals surface area contributed by atoms with E-state index in [2.05, 4.69) is 12.2 Å². The Bertz CT molecular complexity index is 530. The van der Waals surface area contributed by atoms with E-state index in [4.69, 9.17) is 5.11 Å². The summed E-state index contributed by atoms with van der Waals surface area (Å²) in [5.41, 5.74) is 1.96. The summed E-state index contributed by atoms with van der Waals surface area (Å²) < 4.78 is 0. The normalized spacial score (nSPS) is 21.9. The number of nitrogens with zero attached hydrogens (tertiary/aromatic N) is 1. The van der Waals surface area contributed by atoms with E-state index >= 15 is 0 Å². The zero-order chi connectivity index (χ0) is 15.4. The number of aryl methyl sites for hydroxylation is 1. The SMILES string of the molecule is CCc1cccc(NC(=O)N2CCC(C(=O)O)CC2C)c1. The number of benzene rings is 1. The molecule has 2 amide bonds. The van der Waals surface area contributed by atoms with Gasteiger partial charge in [-0.3, -0.25) is 4.79 Å². The fourth-order valence-corrected chi connectivity index (χ4v) is 2.76. The summed E-state index contributed by atoms with van der Waals surface area (Å²) >= 11 is 0. The number of carbonyl (C=O) groups excluding carboxylic acids is 1. The van der Waals surface area contributed by atoms with E-state index in [0.29, 0.717) is 19.4 Å². The van der Waals surface area contributed by atoms with Crippen LogP contribution in [0.5, 0.6) is 0 Å². The molecule has 1 aromatic rings. The number of aliphatic carboxylic acids is 1. The molecule has 0 radical (unpaired) electrons. The highest BCUT2D eigenvalue weighted by atomic mass is 16.4. The predicted molar refractivity (Wildman–Crippen MR) is 81.4 cm³/mol. The van der Waals surface area contributed by atoms with Crippen LogP contribution >= 0.6 is 0 Å². The molecule has 1 aliphatic heterocycles. The van der Waals surface area contributed by atoms with Crippen LogP contribution in [0.4, 0.5) is 10.5 Å². The number of urea groups is 1. The number of amides is 2. The van der Waals surface area contributed by atoms with Gasteiger partial charge in [-0.1, -0.05) is 19.1 Å². The van der Waals surface area contributed by atoms with Crippen LogP contribution in [0.1, 0.15) is 32.3 Å². The molecule has 1 saturated heterocycles. The minimum atomic E-state index is -0.766. The minimum absolute atomic E-state index is 0.0609. The summed E-state index contributed by atoms with van der Waals surface area (Å²) in [5, 5.41) is 12.0. The molecular formula is C16H22N2O3. The number of carboxylic acid groups (broad SMARTS) is 1. The number of likely N-dealkylation sites (tertiary alicyclic amines) is 1. The lowest BCUT2D eigenvalue weighted by Crippen LogP contribution is -2.47. The first-order valence-electron chi connectivity index (χ1n) is 7.40. The first-order chi connectivity index (χ1) is 10.0. The van der Waals surface area contributed by atoms with Gasteiger partial charge >= 0.3 is 12.0 Å². The highest BCUT2D eigenvalue weighted by molar-refractivity contribution is 5.89. The third-order valence-electron chi connectivity index (χ3n) is 4.07. The van der Waals surface area contributed by atoms with Gasteiger partial charge in [-0.25, -0.2) is 4.79 Å². The van der Waals surface area contributed by atoms with Crippen molar-refractivity contribution < 1.29 is 14.7 Å². The van der Waals surface area contributed by atoms with Gasteiger partial charge in [-0.2, -0.15) is 0 Å². The summed E-state index contributed by atoms with van der Waals surface area (Å²) in [6.45, 7) is 4.45. The second kappa shape index (κ2) is 6.61. The van der Waals surface area contributed by atoms with E-state index < -0.39 is 5.97 Å². The van der Waals surface area contributed by atoms with Gasteiger partial charge in [0.2, 0.25) is 0 Å². The van der Waals surface area contributed by atoms with E-state index in [-0.39, 0.29) is 18.0 Å². The number of hydrogen-bond donors (Lipinski definition) is 2. The fourth-order valence-electron chi connectivity index (χ4n) is 2.76. The monoisotopic (exact) mass is 290 g/mol. The molecule has 0 aliphatic carbocycles. The van der Waals surface area contributed by atoms with E-state index in [9.17, 15) is 9.59 Å². The van der Waals surface area contributed by atoms with Crippen molar-refractivity contribution >= 4 is 17.7 Å². The van der Waals surface area contributed by atoms with Crippen molar-refractivity contribution in [2.45, 2.75) is 39.2 Å². The maximum atomic E-state index is 12.3. The van der Waals surface area contributed by atoms with Crippen molar-refractivity contribution in [2.24, 2.45) is 5.92 Å². The summed E-state index contributed by atoms with van der Waals surface area (Å²) in [5.74, 6) is -1.11. The largest absolute Gasteiger partial charge is 0.481 e. The first-order valence-corrected chi connectivity index (χ1v) is 7.40. The van der Waals surface area contributed by atoms with Gasteiger partial charge in [0.1, 0.15) is 0 Å². The maximum absolute atomic E-state index is 12.3. The van der Waals surface area contributed by atoms with Crippen LogP contribution in [0.15, 0.2) is 24.3 Å². The third kappa shape index (κ3) is 3.74. The van der Waals surface area contributed by atoms with Crippen LogP contribution < -0.4 is 5.32 Å². The summed E-state index contributed by atoms with van der Waals surface area (Å²) in [6.07, 6.45) is 1.95. The van der Waals surface area contributed by atoms with E-state index in [1.54, 1.807) is 4.90 Å². The average Bonchev–Trinajstić information content (AvgIpc) is 2.47. The quantitative estimate of drug-likeness (QED) is 0.899. The van der Waals surface area contributed by atoms with Gasteiger partial charge in [0, 0.05) is 18.3 Å². The Morgan fingerprint density at radius 3 is 2.81 bits per heavy atom. The Kier molecular flexibility index (Phi) is 4.83. The Balaban J connectivity index is 1.99. The number of hydrogen-bond acceptors (Lipinski definition) is 2. The molecule has 2 atom stereocenters. The lowest BCUT2D eigenvalue weighted by molar-refractivity contribution is -0.143. The molecule has 5 heteroatoms. The van der Waals surface area contributed by atoms with E-state index in [1.165, 1.54) is 5.56 Å². The molecule has 0 aromatic heterocycles. The molecule has 1 fully saturated rings. The molecule has 1 aromatic carbocycles. The lowest BCUT2D eigenvalue weighted by atomic mass is 9.92. The van der Waals surface area contributed by atoms with Crippen molar-refractivity contribution in [3.63, 3.8) is 0 Å². The van der Waals surface area contributed by atoms with Crippen LogP contribution in [0.2, 0.25) is 0 Å². The maximum Gasteiger partial charge on any atom is 0.322 e. The lowest BCUT2D eigenvalue weighted by Gasteiger charge is -2.36. The fraction of sp³-hybridized carbons (Fsp3) is 0.500. The Morgan fingerprint density at radius 1 is 1.43 bits per heavy atom. The molecule has 0 bridgehead atoms. The highest BCUT2D eigenvalue weighted by Crippen LogP contribution is 2.24. The summed E-state index contributed by atoms with van der Waals surface area (Å²) in [7, 11) is 0. The zero-order valence-corrected chi connectivity index (χ0v) is 12.5. The second-order valence-electron chi connectivity index (χ2n) is 5.59. The highest BCUT2D eigenvalue weighted by Gasteiger charge is 2.32. The molecule has 2 unspecified atom stereocenters. The smallest absolute Gasteiger partial charge is 0.322 e. The van der Waals surface area contributed by atoms with Gasteiger partial charge in [-0.05, 0) is 43.9 Å². The van der Waals surface area contributed by atoms with Crippen molar-refractivity contribution in [3.8, 4) is 0 Å². The Labute approximate surface area is 125 Å². The summed E-state index contributed by atoms with van der Waals surface area (Å²) in [4.78, 5) is 25.1. The van der Waals surface area contributed by atoms with Crippen molar-refractivity contribution in [2.75, 3.05) is 11.9 Å². The summed E-state index contributed by atoms with van der Waals surface area (Å²) in [6, 6.07) is 7.57. The van der Waals surface area contributed by atoms with Crippen LogP contribution in [-0.2, 0) is 11.2 Å². The molecule has 2 N–H and O–H groups in total. The number of piperidine rings is 1. The molecule has 0 saturated carbocycles. The zero-order valence-electron chi connectivity index (χ0n) is 12.5. The van der Waals surface area contributed by atoms with Crippen LogP contribution in [0.25, 0.3) is 0 Å². The van der Waals surface area contributed by atoms with Crippen molar-refractivity contribution in [1.82, 2.24) is 4.90 Å². The standard InChI is InChI=1S/C16H22N2O3/c1-3-12-5-4-6-14(10-12)17-16(21)18-8-7-13(15(19)20)9-11(18)2/h4-6,10-11,13H,3,7-9H2,1-2H3,(H,17,21)(H,19,20). The number of rotatable bonds is 3. The molecular weight excluding hydrogens is 268 g/mol. The van der Waals surface area contributed by atoms with Gasteiger partial charge in [0.15, 0.2) is 0 Å². The Morgan fingerprint density at radius 2 is 2.19 bits per heavy atom. The van der Waals surface area contributed by atoms with Crippen molar-refractivity contribution in [1.29, 1.82) is 0 Å². The minimum Gasteiger partial charge on any atom is -0.481 e. The first kappa shape index (κ1) is 15.4. The third-order valence-corrected chi connectivity index (χ3v) is 4.07. The Hall–Kier alpha value is -2.04. The van der Waals surface area contributed by atoms with Gasteiger partial charge in [0.25, 0.3) is 0 Å². The predicted octanol–water partition coefficient (Wildman–Crippen LogP) is 2.97. The van der Waals surface area contributed by atoms with Crippen molar-refractivity contribution in [3.05, 3.63) is 29.8 Å². The van der Waals surface area contributed by atoms with Crippen LogP contribution in [0.3, 0.4) is 0 Å². The number of anilines is 1. The molecule has 114 valence electrons. The number of carbonyl (C=O) groups is 2. The van der Waals surface area contributed by atoms with Crippen LogP contribution in [0, 0.1) is 5.92 Å². The van der Waals surface area contributed by atoms with Gasteiger partial charge < -0.3 is 15.3 Å². The van der Waals surface area contributed by atoms with Gasteiger partial charge in [-0.15, -0.1) is 0 Å². The van der Waals surface area contributed by atoms with Crippen LogP contribution in [-0.4, -0.2) is 34.6 Å². The van der Waals surface area contributed by atoms with Gasteiger partial charge in [0.05, 0.1) is 5.92 Å². The number of nitrogens with one attached hydrogen (secondary N) is 1. The molecule has 0 spiro atoms. The topological polar surface area (TPSA) is 69.6 Å². The number of carboxylic acids is 1. The molecule has 21 heavy (non-hydrogen) atoms. The average molecular weight is 290 g/mol. The molecule has 1 heterocycles. The van der Waals surface area contributed by atoms with E-state index in [0.717, 1.165) is 12.1 Å². The molecule has 1 aliphatic rings. The molecule has 2 rings (SSSR count). The van der Waals surface area contributed by atoms with E-state index in [1.807, 2.05) is 31.2 Å². The second-order valence-corrected chi connectivity index (χ2v) is 5.59. The molecule has 5 nitrogen and oxygen atoms in total.